The Bertz CT molecular complexity index is 760. The van der Waals surface area contributed by atoms with Crippen LogP contribution in [0, 0.1) is 5.92 Å². The molecule has 3 fully saturated rings. The molecule has 5 rings (SSSR count). The zero-order valence-corrected chi connectivity index (χ0v) is 15.3. The van der Waals surface area contributed by atoms with E-state index in [0.29, 0.717) is 30.1 Å². The number of aromatic nitrogens is 3. The molecule has 3 aliphatic rings. The Morgan fingerprint density at radius 2 is 2.15 bits per heavy atom. The number of fused-ring (bicyclic) bond motifs is 4. The van der Waals surface area contributed by atoms with E-state index in [1.165, 1.54) is 0 Å². The number of piperidine rings is 1. The first kappa shape index (κ1) is 17.1. The van der Waals surface area contributed by atoms with Crippen molar-refractivity contribution in [2.75, 3.05) is 19.6 Å². The Labute approximate surface area is 153 Å². The summed E-state index contributed by atoms with van der Waals surface area (Å²) in [6.07, 6.45) is 3.93. The molecule has 2 aromatic rings. The summed E-state index contributed by atoms with van der Waals surface area (Å²) in [7, 11) is 0. The molecule has 3 saturated heterocycles. The quantitative estimate of drug-likeness (QED) is 0.838. The molecule has 2 bridgehead atoms. The Hall–Kier alpha value is -2.28. The lowest BCUT2D eigenvalue weighted by Gasteiger charge is -2.34. The molecule has 2 aromatic heterocycles. The average Bonchev–Trinajstić information content (AvgIpc) is 2.93. The minimum Gasteiger partial charge on any atom is -0.338 e. The molecule has 1 amide bonds. The fourth-order valence-electron chi connectivity index (χ4n) is 3.93. The molecular weight excluding hydrogens is 330 g/mol. The molecule has 26 heavy (non-hydrogen) atoms. The highest BCUT2D eigenvalue weighted by Gasteiger charge is 2.37. The smallest absolute Gasteiger partial charge is 0.272 e. The highest BCUT2D eigenvalue weighted by molar-refractivity contribution is 5.92. The minimum atomic E-state index is 0.0317. The summed E-state index contributed by atoms with van der Waals surface area (Å²) in [5.41, 5.74) is 0.527. The van der Waals surface area contributed by atoms with Gasteiger partial charge in [0.2, 0.25) is 5.89 Å². The number of hydrogen-bond acceptors (Lipinski definition) is 6. The third-order valence-electron chi connectivity index (χ3n) is 5.34. The van der Waals surface area contributed by atoms with Crippen molar-refractivity contribution in [3.63, 3.8) is 0 Å². The molecule has 0 N–H and O–H groups in total. The summed E-state index contributed by atoms with van der Waals surface area (Å²) >= 11 is 0. The molecule has 7 nitrogen and oxygen atoms in total. The number of nitrogens with zero attached hydrogens (tertiary/aromatic N) is 5. The van der Waals surface area contributed by atoms with Crippen molar-refractivity contribution < 1.29 is 9.32 Å². The maximum absolute atomic E-state index is 12.8. The number of hydrogen-bond donors (Lipinski definition) is 0. The predicted octanol–water partition coefficient (Wildman–Crippen LogP) is 2.32. The second-order valence-corrected chi connectivity index (χ2v) is 7.65. The summed E-state index contributed by atoms with van der Waals surface area (Å²) in [5, 5.41) is 4.06. The highest BCUT2D eigenvalue weighted by Crippen LogP contribution is 2.29. The first-order chi connectivity index (χ1) is 12.6. The number of carbonyl (C=O) groups is 1. The van der Waals surface area contributed by atoms with Crippen molar-refractivity contribution in [1.82, 2.24) is 24.9 Å². The van der Waals surface area contributed by atoms with Gasteiger partial charge >= 0.3 is 0 Å². The van der Waals surface area contributed by atoms with Crippen LogP contribution in [0.15, 0.2) is 28.9 Å². The van der Waals surface area contributed by atoms with E-state index in [4.69, 9.17) is 4.52 Å². The van der Waals surface area contributed by atoms with E-state index in [2.05, 4.69) is 33.9 Å². The van der Waals surface area contributed by atoms with Gasteiger partial charge in [0.25, 0.3) is 5.91 Å². The maximum Gasteiger partial charge on any atom is 0.272 e. The summed E-state index contributed by atoms with van der Waals surface area (Å²) in [6, 6.07) is 5.82. The fraction of sp³-hybridized carbons (Fsp3) is 0.579. The van der Waals surface area contributed by atoms with Crippen LogP contribution in [0.5, 0.6) is 0 Å². The van der Waals surface area contributed by atoms with E-state index in [9.17, 15) is 4.79 Å². The van der Waals surface area contributed by atoms with Crippen molar-refractivity contribution in [1.29, 1.82) is 0 Å². The van der Waals surface area contributed by atoms with Gasteiger partial charge in [0.15, 0.2) is 5.82 Å². The second-order valence-electron chi connectivity index (χ2n) is 7.65. The topological polar surface area (TPSA) is 75.4 Å². The van der Waals surface area contributed by atoms with E-state index < -0.39 is 0 Å². The van der Waals surface area contributed by atoms with E-state index in [-0.39, 0.29) is 11.8 Å². The summed E-state index contributed by atoms with van der Waals surface area (Å²) in [4.78, 5) is 25.9. The minimum absolute atomic E-state index is 0.0317. The molecule has 0 aromatic carbocycles. The number of carbonyl (C=O) groups excluding carboxylic acids is 1. The van der Waals surface area contributed by atoms with Crippen molar-refractivity contribution in [3.05, 3.63) is 41.8 Å². The van der Waals surface area contributed by atoms with Gasteiger partial charge in [0.1, 0.15) is 5.69 Å². The second kappa shape index (κ2) is 7.15. The summed E-state index contributed by atoms with van der Waals surface area (Å²) in [6.45, 7) is 7.27. The van der Waals surface area contributed by atoms with Crippen LogP contribution < -0.4 is 0 Å². The van der Waals surface area contributed by atoms with Gasteiger partial charge < -0.3 is 9.42 Å². The molecule has 0 saturated carbocycles. The van der Waals surface area contributed by atoms with Crippen molar-refractivity contribution in [3.8, 4) is 0 Å². The van der Waals surface area contributed by atoms with Crippen LogP contribution >= 0.6 is 0 Å². The number of pyridine rings is 1. The zero-order valence-electron chi connectivity index (χ0n) is 15.3. The standard InChI is InChI=1S/C19H25N5O2/c1-13(2)18-21-17(26-22-18)12-23-9-14-6-7-15(23)11-24(10-14)19(25)16-5-3-4-8-20-16/h3-5,8,13-15H,6-7,9-12H2,1-2H3/t14-,15-/m1/s1. The Morgan fingerprint density at radius 1 is 1.27 bits per heavy atom. The van der Waals surface area contributed by atoms with Crippen LogP contribution in [-0.4, -0.2) is 56.5 Å². The van der Waals surface area contributed by atoms with Gasteiger partial charge in [-0.25, -0.2) is 0 Å². The molecule has 0 radical (unpaired) electrons. The van der Waals surface area contributed by atoms with Crippen LogP contribution in [0.3, 0.4) is 0 Å². The van der Waals surface area contributed by atoms with Crippen molar-refractivity contribution in [2.45, 2.75) is 45.2 Å². The van der Waals surface area contributed by atoms with E-state index in [1.807, 2.05) is 17.0 Å². The van der Waals surface area contributed by atoms with Crippen LogP contribution in [-0.2, 0) is 6.54 Å². The lowest BCUT2D eigenvalue weighted by atomic mass is 9.95. The van der Waals surface area contributed by atoms with Crippen LogP contribution in [0.1, 0.15) is 54.8 Å². The highest BCUT2D eigenvalue weighted by atomic mass is 16.5. The zero-order chi connectivity index (χ0) is 18.1. The Morgan fingerprint density at radius 3 is 2.88 bits per heavy atom. The van der Waals surface area contributed by atoms with E-state index in [0.717, 1.165) is 38.3 Å². The molecule has 0 aliphatic carbocycles. The van der Waals surface area contributed by atoms with Crippen LogP contribution in [0.25, 0.3) is 0 Å². The lowest BCUT2D eigenvalue weighted by molar-refractivity contribution is 0.0726. The largest absolute Gasteiger partial charge is 0.338 e. The molecule has 0 unspecified atom stereocenters. The average molecular weight is 355 g/mol. The Kier molecular flexibility index (Phi) is 4.72. The van der Waals surface area contributed by atoms with Gasteiger partial charge in [-0.3, -0.25) is 14.7 Å². The maximum atomic E-state index is 12.8. The van der Waals surface area contributed by atoms with Gasteiger partial charge in [0.05, 0.1) is 6.54 Å². The predicted molar refractivity (Wildman–Crippen MR) is 95.4 cm³/mol. The summed E-state index contributed by atoms with van der Waals surface area (Å²) in [5.74, 6) is 2.20. The van der Waals surface area contributed by atoms with Gasteiger partial charge in [-0.15, -0.1) is 0 Å². The third-order valence-corrected chi connectivity index (χ3v) is 5.34. The van der Waals surface area contributed by atoms with Gasteiger partial charge in [-0.1, -0.05) is 25.1 Å². The molecule has 7 heteroatoms. The normalized spacial score (nSPS) is 23.4. The SMILES string of the molecule is CC(C)c1noc(CN2C[C@H]3CC[C@@H]2CN(C(=O)c2ccccn2)C3)n1. The first-order valence-electron chi connectivity index (χ1n) is 9.37. The Balaban J connectivity index is 1.47. The molecular formula is C19H25N5O2. The first-order valence-corrected chi connectivity index (χ1v) is 9.37. The lowest BCUT2D eigenvalue weighted by Crippen LogP contribution is -2.44. The molecule has 0 spiro atoms. The monoisotopic (exact) mass is 355 g/mol. The summed E-state index contributed by atoms with van der Waals surface area (Å²) < 4.78 is 5.43. The van der Waals surface area contributed by atoms with E-state index in [1.54, 1.807) is 12.3 Å². The van der Waals surface area contributed by atoms with Crippen molar-refractivity contribution in [2.24, 2.45) is 5.92 Å². The van der Waals surface area contributed by atoms with Crippen molar-refractivity contribution >= 4 is 5.91 Å². The van der Waals surface area contributed by atoms with E-state index >= 15 is 0 Å². The van der Waals surface area contributed by atoms with Crippen LogP contribution in [0.2, 0.25) is 0 Å². The van der Waals surface area contributed by atoms with Gasteiger partial charge in [-0.2, -0.15) is 4.98 Å². The number of amides is 1. The third kappa shape index (κ3) is 3.49. The molecule has 2 atom stereocenters. The van der Waals surface area contributed by atoms with Gasteiger partial charge in [0, 0.05) is 37.8 Å². The number of rotatable bonds is 4. The van der Waals surface area contributed by atoms with Gasteiger partial charge in [-0.05, 0) is 30.9 Å². The molecule has 5 heterocycles. The fourth-order valence-corrected chi connectivity index (χ4v) is 3.93. The molecule has 138 valence electrons. The molecule has 3 aliphatic heterocycles. The van der Waals surface area contributed by atoms with Crippen LogP contribution in [0.4, 0.5) is 0 Å².